The second-order valence-corrected chi connectivity index (χ2v) is 7.38. The predicted molar refractivity (Wildman–Crippen MR) is 111 cm³/mol. The van der Waals surface area contributed by atoms with Crippen molar-refractivity contribution >= 4 is 29.1 Å². The van der Waals surface area contributed by atoms with Crippen molar-refractivity contribution in [3.05, 3.63) is 53.6 Å². The number of fused-ring (bicyclic) bond motifs is 1. The van der Waals surface area contributed by atoms with Crippen LogP contribution in [0, 0.1) is 0 Å². The van der Waals surface area contributed by atoms with Crippen molar-refractivity contribution in [3.8, 4) is 5.75 Å². The maximum atomic E-state index is 13.5. The molecule has 0 aliphatic carbocycles. The Morgan fingerprint density at radius 1 is 1.19 bits per heavy atom. The molecule has 1 aliphatic rings. The van der Waals surface area contributed by atoms with Crippen LogP contribution in [0.1, 0.15) is 44.4 Å². The highest BCUT2D eigenvalue weighted by atomic mass is 19.3. The summed E-state index contributed by atoms with van der Waals surface area (Å²) >= 11 is 0. The molecular formula is C22H23F2N3O4. The van der Waals surface area contributed by atoms with Crippen molar-refractivity contribution in [2.45, 2.75) is 45.3 Å². The minimum atomic E-state index is -3.07. The number of hydrogen-bond acceptors (Lipinski definition) is 4. The van der Waals surface area contributed by atoms with E-state index in [-0.39, 0.29) is 17.2 Å². The SMILES string of the molecule is CCC1Oc2cc(C(C)NC(=O)C(=O)Nc3cccc(C(C)(F)F)c3)ccc2NC1=O. The van der Waals surface area contributed by atoms with Gasteiger partial charge in [0.05, 0.1) is 11.7 Å². The van der Waals surface area contributed by atoms with Crippen LogP contribution in [0.25, 0.3) is 0 Å². The van der Waals surface area contributed by atoms with Gasteiger partial charge in [0, 0.05) is 18.2 Å². The Morgan fingerprint density at radius 3 is 2.61 bits per heavy atom. The molecule has 0 saturated carbocycles. The molecule has 2 aromatic rings. The summed E-state index contributed by atoms with van der Waals surface area (Å²) in [6.45, 7) is 4.26. The maximum Gasteiger partial charge on any atom is 0.313 e. The monoisotopic (exact) mass is 431 g/mol. The molecule has 164 valence electrons. The number of rotatable bonds is 5. The summed E-state index contributed by atoms with van der Waals surface area (Å²) in [6, 6.07) is 9.65. The smallest absolute Gasteiger partial charge is 0.313 e. The first kappa shape index (κ1) is 22.2. The number of ether oxygens (including phenoxy) is 1. The first-order valence-corrected chi connectivity index (χ1v) is 9.80. The number of amides is 3. The summed E-state index contributed by atoms with van der Waals surface area (Å²) in [7, 11) is 0. The number of benzene rings is 2. The third-order valence-electron chi connectivity index (χ3n) is 4.88. The fourth-order valence-corrected chi connectivity index (χ4v) is 3.10. The summed E-state index contributed by atoms with van der Waals surface area (Å²) in [5.41, 5.74) is 1.02. The first-order valence-electron chi connectivity index (χ1n) is 9.80. The Labute approximate surface area is 178 Å². The van der Waals surface area contributed by atoms with Crippen LogP contribution in [0.2, 0.25) is 0 Å². The van der Waals surface area contributed by atoms with Gasteiger partial charge < -0.3 is 20.7 Å². The van der Waals surface area contributed by atoms with E-state index in [0.29, 0.717) is 23.4 Å². The van der Waals surface area contributed by atoms with Crippen LogP contribution in [0.4, 0.5) is 20.2 Å². The number of halogens is 2. The van der Waals surface area contributed by atoms with Gasteiger partial charge in [-0.15, -0.1) is 0 Å². The van der Waals surface area contributed by atoms with Crippen molar-refractivity contribution in [1.29, 1.82) is 0 Å². The molecule has 0 radical (unpaired) electrons. The Balaban J connectivity index is 1.65. The zero-order chi connectivity index (χ0) is 22.8. The molecule has 1 aliphatic heterocycles. The average Bonchev–Trinajstić information content (AvgIpc) is 2.72. The van der Waals surface area contributed by atoms with Crippen molar-refractivity contribution in [2.75, 3.05) is 10.6 Å². The molecule has 0 saturated heterocycles. The highest BCUT2D eigenvalue weighted by Crippen LogP contribution is 2.33. The minimum absolute atomic E-state index is 0.0929. The van der Waals surface area contributed by atoms with E-state index in [1.165, 1.54) is 18.2 Å². The van der Waals surface area contributed by atoms with E-state index in [1.807, 2.05) is 6.92 Å². The van der Waals surface area contributed by atoms with Gasteiger partial charge in [-0.3, -0.25) is 14.4 Å². The van der Waals surface area contributed by atoms with Crippen LogP contribution in [0.3, 0.4) is 0 Å². The molecule has 31 heavy (non-hydrogen) atoms. The van der Waals surface area contributed by atoms with Gasteiger partial charge in [-0.1, -0.05) is 25.1 Å². The van der Waals surface area contributed by atoms with E-state index < -0.39 is 29.9 Å². The van der Waals surface area contributed by atoms with E-state index in [9.17, 15) is 23.2 Å². The molecule has 0 fully saturated rings. The Kier molecular flexibility index (Phi) is 6.24. The van der Waals surface area contributed by atoms with Gasteiger partial charge in [0.1, 0.15) is 5.75 Å². The zero-order valence-electron chi connectivity index (χ0n) is 17.3. The second-order valence-electron chi connectivity index (χ2n) is 7.38. The van der Waals surface area contributed by atoms with Gasteiger partial charge in [0.25, 0.3) is 11.8 Å². The molecule has 2 unspecified atom stereocenters. The number of anilines is 2. The van der Waals surface area contributed by atoms with E-state index >= 15 is 0 Å². The van der Waals surface area contributed by atoms with E-state index in [2.05, 4.69) is 16.0 Å². The van der Waals surface area contributed by atoms with Crippen LogP contribution >= 0.6 is 0 Å². The standard InChI is InChI=1S/C22H23F2N3O4/c1-4-17-19(28)27-16-9-8-13(10-18(16)31-17)12(2)25-20(29)21(30)26-15-7-5-6-14(11-15)22(3,23)24/h5-12,17H,4H2,1-3H3,(H,25,29)(H,26,30)(H,27,28). The van der Waals surface area contributed by atoms with Crippen LogP contribution in [-0.2, 0) is 20.3 Å². The molecule has 2 atom stereocenters. The number of alkyl halides is 2. The predicted octanol–water partition coefficient (Wildman–Crippen LogP) is 3.72. The fourth-order valence-electron chi connectivity index (χ4n) is 3.10. The lowest BCUT2D eigenvalue weighted by molar-refractivity contribution is -0.136. The Bertz CT molecular complexity index is 1020. The molecule has 3 rings (SSSR count). The van der Waals surface area contributed by atoms with Crippen LogP contribution in [0.15, 0.2) is 42.5 Å². The molecule has 3 N–H and O–H groups in total. The molecule has 9 heteroatoms. The fraction of sp³-hybridized carbons (Fsp3) is 0.318. The van der Waals surface area contributed by atoms with Gasteiger partial charge in [-0.05, 0) is 43.2 Å². The third kappa shape index (κ3) is 5.17. The van der Waals surface area contributed by atoms with Crippen molar-refractivity contribution < 1.29 is 27.9 Å². The van der Waals surface area contributed by atoms with Gasteiger partial charge in [-0.2, -0.15) is 0 Å². The Morgan fingerprint density at radius 2 is 1.94 bits per heavy atom. The van der Waals surface area contributed by atoms with Gasteiger partial charge in [0.2, 0.25) is 0 Å². The normalized spacial score (nSPS) is 16.4. The van der Waals surface area contributed by atoms with Crippen LogP contribution in [-0.4, -0.2) is 23.8 Å². The molecule has 2 aromatic carbocycles. The van der Waals surface area contributed by atoms with Crippen molar-refractivity contribution in [1.82, 2.24) is 5.32 Å². The lowest BCUT2D eigenvalue weighted by atomic mass is 10.1. The number of hydrogen-bond donors (Lipinski definition) is 3. The molecular weight excluding hydrogens is 408 g/mol. The molecule has 0 bridgehead atoms. The highest BCUT2D eigenvalue weighted by Gasteiger charge is 2.27. The van der Waals surface area contributed by atoms with Gasteiger partial charge >= 0.3 is 11.8 Å². The lowest BCUT2D eigenvalue weighted by Crippen LogP contribution is -2.37. The molecule has 1 heterocycles. The van der Waals surface area contributed by atoms with E-state index in [1.54, 1.807) is 25.1 Å². The minimum Gasteiger partial charge on any atom is -0.478 e. The van der Waals surface area contributed by atoms with Crippen LogP contribution in [0.5, 0.6) is 5.75 Å². The quantitative estimate of drug-likeness (QED) is 0.629. The summed E-state index contributed by atoms with van der Waals surface area (Å²) in [4.78, 5) is 36.4. The zero-order valence-corrected chi connectivity index (χ0v) is 17.3. The number of nitrogens with one attached hydrogen (secondary N) is 3. The topological polar surface area (TPSA) is 96.5 Å². The van der Waals surface area contributed by atoms with Crippen molar-refractivity contribution in [3.63, 3.8) is 0 Å². The molecule has 0 aromatic heterocycles. The van der Waals surface area contributed by atoms with Gasteiger partial charge in [-0.25, -0.2) is 8.78 Å². The molecule has 7 nitrogen and oxygen atoms in total. The second kappa shape index (κ2) is 8.71. The number of carbonyl (C=O) groups is 3. The largest absolute Gasteiger partial charge is 0.478 e. The van der Waals surface area contributed by atoms with Gasteiger partial charge in [0.15, 0.2) is 6.10 Å². The average molecular weight is 431 g/mol. The van der Waals surface area contributed by atoms with E-state index in [0.717, 1.165) is 13.0 Å². The number of carbonyl (C=O) groups excluding carboxylic acids is 3. The highest BCUT2D eigenvalue weighted by molar-refractivity contribution is 6.39. The summed E-state index contributed by atoms with van der Waals surface area (Å²) < 4.78 is 32.6. The molecule has 3 amide bonds. The Hall–Kier alpha value is -3.49. The summed E-state index contributed by atoms with van der Waals surface area (Å²) in [5, 5.41) is 7.64. The van der Waals surface area contributed by atoms with Crippen molar-refractivity contribution in [2.24, 2.45) is 0 Å². The summed E-state index contributed by atoms with van der Waals surface area (Å²) in [5.74, 6) is -4.70. The molecule has 0 spiro atoms. The third-order valence-corrected chi connectivity index (χ3v) is 4.88. The van der Waals surface area contributed by atoms with Crippen LogP contribution < -0.4 is 20.7 Å². The van der Waals surface area contributed by atoms with E-state index in [4.69, 9.17) is 4.74 Å². The lowest BCUT2D eigenvalue weighted by Gasteiger charge is -2.26. The first-order chi connectivity index (χ1) is 14.6. The maximum absolute atomic E-state index is 13.5. The summed E-state index contributed by atoms with van der Waals surface area (Å²) in [6.07, 6.45) is -0.0858.